The maximum absolute atomic E-state index is 4.96. The minimum absolute atomic E-state index is 0.228. The summed E-state index contributed by atoms with van der Waals surface area (Å²) in [5.74, 6) is 0. The second kappa shape index (κ2) is 3.70. The molecule has 1 aliphatic carbocycles. The fourth-order valence-electron chi connectivity index (χ4n) is 3.60. The third kappa shape index (κ3) is 1.28. The summed E-state index contributed by atoms with van der Waals surface area (Å²) in [6, 6.07) is 27.8. The largest absolute Gasteiger partial charge is 0.263 e. The van der Waals surface area contributed by atoms with E-state index in [2.05, 4.69) is 78.9 Å². The van der Waals surface area contributed by atoms with Gasteiger partial charge >= 0.3 is 0 Å². The molecule has 0 unspecified atom stereocenters. The summed E-state index contributed by atoms with van der Waals surface area (Å²) in [6.07, 6.45) is 0. The van der Waals surface area contributed by atoms with Crippen molar-refractivity contribution >= 4 is 5.71 Å². The van der Waals surface area contributed by atoms with Crippen molar-refractivity contribution in [3.63, 3.8) is 0 Å². The summed E-state index contributed by atoms with van der Waals surface area (Å²) in [7, 11) is 0. The van der Waals surface area contributed by atoms with Gasteiger partial charge in [0.15, 0.2) is 5.54 Å². The summed E-state index contributed by atoms with van der Waals surface area (Å²) in [6.45, 7) is 0. The first-order chi connectivity index (χ1) is 10.4. The molecule has 5 rings (SSSR count). The highest BCUT2D eigenvalue weighted by molar-refractivity contribution is 6.22. The van der Waals surface area contributed by atoms with E-state index in [-0.39, 0.29) is 5.54 Å². The molecule has 3 aromatic carbocycles. The maximum Gasteiger partial charge on any atom is 0.154 e. The first kappa shape index (κ1) is 11.0. The molecule has 0 radical (unpaired) electrons. The molecule has 0 bridgehead atoms. The van der Waals surface area contributed by atoms with E-state index in [9.17, 15) is 0 Å². The van der Waals surface area contributed by atoms with Crippen LogP contribution in [0.3, 0.4) is 0 Å². The Morgan fingerprint density at radius 1 is 0.571 bits per heavy atom. The Morgan fingerprint density at radius 2 is 1.10 bits per heavy atom. The Morgan fingerprint density at radius 3 is 1.71 bits per heavy atom. The zero-order valence-electron chi connectivity index (χ0n) is 11.5. The molecular weight excluding hydrogens is 254 g/mol. The monoisotopic (exact) mass is 267 g/mol. The lowest BCUT2D eigenvalue weighted by Crippen LogP contribution is -2.15. The van der Waals surface area contributed by atoms with Gasteiger partial charge in [-0.15, -0.1) is 0 Å². The zero-order valence-corrected chi connectivity index (χ0v) is 11.5. The van der Waals surface area contributed by atoms with Crippen molar-refractivity contribution < 1.29 is 0 Å². The molecule has 1 nitrogen and oxygen atoms in total. The summed E-state index contributed by atoms with van der Waals surface area (Å²) in [5, 5.41) is 0. The first-order valence-electron chi connectivity index (χ1n) is 7.26. The summed E-state index contributed by atoms with van der Waals surface area (Å²) in [5.41, 5.74) is 7.49. The molecule has 1 heteroatoms. The van der Waals surface area contributed by atoms with Gasteiger partial charge < -0.3 is 0 Å². The van der Waals surface area contributed by atoms with E-state index in [1.165, 1.54) is 33.5 Å². The Hall–Kier alpha value is -2.67. The number of hydrogen-bond donors (Lipinski definition) is 0. The van der Waals surface area contributed by atoms with E-state index in [1.54, 1.807) is 0 Å². The molecular formula is C20H13N. The van der Waals surface area contributed by atoms with Crippen LogP contribution in [0.15, 0.2) is 83.9 Å². The number of benzene rings is 3. The van der Waals surface area contributed by atoms with Crippen molar-refractivity contribution in [2.24, 2.45) is 4.99 Å². The van der Waals surface area contributed by atoms with Crippen molar-refractivity contribution in [1.29, 1.82) is 0 Å². The molecule has 0 saturated heterocycles. The van der Waals surface area contributed by atoms with E-state index in [0.717, 1.165) is 0 Å². The van der Waals surface area contributed by atoms with Crippen LogP contribution in [-0.2, 0) is 5.54 Å². The summed E-state index contributed by atoms with van der Waals surface area (Å²) >= 11 is 0. The molecule has 0 amide bonds. The summed E-state index contributed by atoms with van der Waals surface area (Å²) in [4.78, 5) is 4.96. The maximum atomic E-state index is 4.96. The highest BCUT2D eigenvalue weighted by Crippen LogP contribution is 2.57. The van der Waals surface area contributed by atoms with Gasteiger partial charge in [0.05, 0.1) is 5.71 Å². The van der Waals surface area contributed by atoms with E-state index < -0.39 is 0 Å². The summed E-state index contributed by atoms with van der Waals surface area (Å²) < 4.78 is 0. The van der Waals surface area contributed by atoms with Crippen LogP contribution in [0.4, 0.5) is 0 Å². The van der Waals surface area contributed by atoms with Gasteiger partial charge in [0, 0.05) is 0 Å². The van der Waals surface area contributed by atoms with Crippen LogP contribution in [0, 0.1) is 0 Å². The van der Waals surface area contributed by atoms with E-state index in [0.29, 0.717) is 0 Å². The predicted molar refractivity (Wildman–Crippen MR) is 85.6 cm³/mol. The van der Waals surface area contributed by atoms with Crippen LogP contribution in [0.1, 0.15) is 16.7 Å². The van der Waals surface area contributed by atoms with Gasteiger partial charge in [0.2, 0.25) is 0 Å². The highest BCUT2D eigenvalue weighted by atomic mass is 15.1. The molecule has 0 fully saturated rings. The zero-order chi connectivity index (χ0) is 13.9. The number of nitrogens with zero attached hydrogens (tertiary/aromatic N) is 1. The topological polar surface area (TPSA) is 12.4 Å². The predicted octanol–water partition coefficient (Wildman–Crippen LogP) is 4.41. The van der Waals surface area contributed by atoms with E-state index in [4.69, 9.17) is 4.99 Å². The van der Waals surface area contributed by atoms with Crippen LogP contribution in [0.5, 0.6) is 0 Å². The molecule has 1 aliphatic heterocycles. The smallest absolute Gasteiger partial charge is 0.154 e. The molecule has 0 atom stereocenters. The third-order valence-electron chi connectivity index (χ3n) is 4.54. The molecule has 3 aromatic rings. The SMILES string of the molecule is c1ccc(C2=NC23c2ccccc2-c2ccccc23)cc1. The van der Waals surface area contributed by atoms with Crippen molar-refractivity contribution in [3.05, 3.63) is 95.6 Å². The van der Waals surface area contributed by atoms with Crippen molar-refractivity contribution in [1.82, 2.24) is 0 Å². The Labute approximate surface area is 123 Å². The number of aliphatic imine (C=N–C) groups is 1. The van der Waals surface area contributed by atoms with Crippen LogP contribution in [0.25, 0.3) is 11.1 Å². The van der Waals surface area contributed by atoms with Crippen LogP contribution in [0.2, 0.25) is 0 Å². The van der Waals surface area contributed by atoms with Crippen LogP contribution < -0.4 is 0 Å². The van der Waals surface area contributed by atoms with Gasteiger partial charge in [-0.1, -0.05) is 78.9 Å². The first-order valence-corrected chi connectivity index (χ1v) is 7.26. The van der Waals surface area contributed by atoms with E-state index >= 15 is 0 Å². The fraction of sp³-hybridized carbons (Fsp3) is 0.0500. The van der Waals surface area contributed by atoms with E-state index in [1.807, 2.05) is 0 Å². The second-order valence-corrected chi connectivity index (χ2v) is 5.63. The average molecular weight is 267 g/mol. The quantitative estimate of drug-likeness (QED) is 0.619. The molecule has 0 aromatic heterocycles. The van der Waals surface area contributed by atoms with Crippen molar-refractivity contribution in [3.8, 4) is 11.1 Å². The lowest BCUT2D eigenvalue weighted by atomic mass is 9.88. The molecule has 0 N–H and O–H groups in total. The van der Waals surface area contributed by atoms with Gasteiger partial charge in [-0.25, -0.2) is 0 Å². The lowest BCUT2D eigenvalue weighted by molar-refractivity contribution is 0.894. The molecule has 98 valence electrons. The third-order valence-corrected chi connectivity index (χ3v) is 4.54. The molecule has 21 heavy (non-hydrogen) atoms. The Kier molecular flexibility index (Phi) is 1.95. The normalized spacial score (nSPS) is 16.3. The molecule has 2 aliphatic rings. The van der Waals surface area contributed by atoms with Gasteiger partial charge in [-0.05, 0) is 27.8 Å². The van der Waals surface area contributed by atoms with Gasteiger partial charge in [-0.2, -0.15) is 0 Å². The molecule has 0 saturated carbocycles. The number of fused-ring (bicyclic) bond motifs is 5. The van der Waals surface area contributed by atoms with Crippen LogP contribution in [-0.4, -0.2) is 5.71 Å². The van der Waals surface area contributed by atoms with Gasteiger partial charge in [0.1, 0.15) is 0 Å². The highest BCUT2D eigenvalue weighted by Gasteiger charge is 2.56. The minimum Gasteiger partial charge on any atom is -0.263 e. The average Bonchev–Trinajstić information content (AvgIpc) is 3.25. The van der Waals surface area contributed by atoms with Crippen LogP contribution >= 0.6 is 0 Å². The van der Waals surface area contributed by atoms with Crippen molar-refractivity contribution in [2.75, 3.05) is 0 Å². The standard InChI is InChI=1S/C20H13N/c1-2-8-14(9-3-1)19-20(21-19)17-12-6-4-10-15(17)16-11-5-7-13-18(16)20/h1-13H. The second-order valence-electron chi connectivity index (χ2n) is 5.63. The molecule has 1 spiro atoms. The Balaban J connectivity index is 1.76. The number of hydrogen-bond acceptors (Lipinski definition) is 1. The Bertz CT molecular complexity index is 845. The fourth-order valence-corrected chi connectivity index (χ4v) is 3.60. The van der Waals surface area contributed by atoms with Gasteiger partial charge in [-0.3, -0.25) is 4.99 Å². The van der Waals surface area contributed by atoms with Gasteiger partial charge in [0.25, 0.3) is 0 Å². The minimum atomic E-state index is -0.228. The number of rotatable bonds is 1. The molecule has 1 heterocycles. The lowest BCUT2D eigenvalue weighted by Gasteiger charge is -2.11. The van der Waals surface area contributed by atoms with Crippen molar-refractivity contribution in [2.45, 2.75) is 5.54 Å².